The van der Waals surface area contributed by atoms with Crippen LogP contribution in [0.2, 0.25) is 0 Å². The molecule has 1 aliphatic heterocycles. The lowest BCUT2D eigenvalue weighted by Crippen LogP contribution is -2.47. The molecular formula is C27H27N5O2S. The van der Waals surface area contributed by atoms with E-state index < -0.39 is 12.1 Å². The molecule has 3 N–H and O–H groups in total. The summed E-state index contributed by atoms with van der Waals surface area (Å²) >= 11 is 1.60. The highest BCUT2D eigenvalue weighted by Crippen LogP contribution is 2.39. The van der Waals surface area contributed by atoms with Crippen molar-refractivity contribution in [3.8, 4) is 11.3 Å². The van der Waals surface area contributed by atoms with Gasteiger partial charge in [0.05, 0.1) is 22.5 Å². The van der Waals surface area contributed by atoms with Crippen molar-refractivity contribution < 1.29 is 9.59 Å². The Hall–Kier alpha value is -3.62. The van der Waals surface area contributed by atoms with Gasteiger partial charge < -0.3 is 16.0 Å². The molecule has 5 rings (SSSR count). The summed E-state index contributed by atoms with van der Waals surface area (Å²) in [5.41, 5.74) is 9.22. The summed E-state index contributed by atoms with van der Waals surface area (Å²) in [5.74, 6) is -0.505. The minimum absolute atomic E-state index is 0.145. The number of nitrogens with two attached hydrogens (primary N) is 1. The van der Waals surface area contributed by atoms with Crippen molar-refractivity contribution in [2.45, 2.75) is 37.9 Å². The zero-order chi connectivity index (χ0) is 24.4. The maximum absolute atomic E-state index is 13.8. The van der Waals surface area contributed by atoms with Crippen molar-refractivity contribution in [3.63, 3.8) is 0 Å². The average Bonchev–Trinajstić information content (AvgIpc) is 3.54. The van der Waals surface area contributed by atoms with Crippen LogP contribution < -0.4 is 11.1 Å². The molecule has 0 spiro atoms. The maximum atomic E-state index is 13.8. The third-order valence-corrected chi connectivity index (χ3v) is 7.39. The Labute approximate surface area is 208 Å². The molecule has 1 saturated heterocycles. The summed E-state index contributed by atoms with van der Waals surface area (Å²) in [6.07, 6.45) is 3.50. The molecule has 35 heavy (non-hydrogen) atoms. The minimum Gasteiger partial charge on any atom is -0.339 e. The first-order valence-corrected chi connectivity index (χ1v) is 12.6. The largest absolute Gasteiger partial charge is 0.339 e. The summed E-state index contributed by atoms with van der Waals surface area (Å²) in [6, 6.07) is 19.6. The first kappa shape index (κ1) is 23.1. The van der Waals surface area contributed by atoms with E-state index in [0.29, 0.717) is 6.54 Å². The minimum atomic E-state index is -0.800. The second kappa shape index (κ2) is 9.93. The smallest absolute Gasteiger partial charge is 0.250 e. The Kier molecular flexibility index (Phi) is 6.57. The number of aromatic nitrogens is 2. The van der Waals surface area contributed by atoms with Crippen LogP contribution in [0.4, 0.5) is 0 Å². The monoisotopic (exact) mass is 485 g/mol. The van der Waals surface area contributed by atoms with Gasteiger partial charge in [-0.25, -0.2) is 4.98 Å². The van der Waals surface area contributed by atoms with E-state index in [4.69, 9.17) is 10.7 Å². The molecule has 8 heteroatoms. The molecule has 2 aromatic heterocycles. The predicted octanol–water partition coefficient (Wildman–Crippen LogP) is 4.23. The van der Waals surface area contributed by atoms with Gasteiger partial charge in [0.25, 0.3) is 0 Å². The molecule has 178 valence electrons. The van der Waals surface area contributed by atoms with E-state index in [1.54, 1.807) is 24.5 Å². The number of rotatable bonds is 6. The molecular weight excluding hydrogens is 458 g/mol. The molecule has 0 aliphatic carbocycles. The van der Waals surface area contributed by atoms with E-state index in [-0.39, 0.29) is 17.9 Å². The maximum Gasteiger partial charge on any atom is 0.250 e. The fourth-order valence-corrected chi connectivity index (χ4v) is 5.59. The molecule has 4 aromatic rings. The number of carbonyl (C=O) groups excluding carboxylic acids is 2. The highest BCUT2D eigenvalue weighted by atomic mass is 32.1. The number of benzene rings is 2. The van der Waals surface area contributed by atoms with E-state index >= 15 is 0 Å². The van der Waals surface area contributed by atoms with E-state index in [9.17, 15) is 9.59 Å². The Balaban J connectivity index is 1.48. The predicted molar refractivity (Wildman–Crippen MR) is 138 cm³/mol. The van der Waals surface area contributed by atoms with Gasteiger partial charge >= 0.3 is 0 Å². The second-order valence-corrected chi connectivity index (χ2v) is 9.82. The van der Waals surface area contributed by atoms with Crippen molar-refractivity contribution in [3.05, 3.63) is 83.5 Å². The van der Waals surface area contributed by atoms with Crippen molar-refractivity contribution >= 4 is 33.4 Å². The molecule has 1 fully saturated rings. The summed E-state index contributed by atoms with van der Waals surface area (Å²) in [6.45, 7) is 2.22. The summed E-state index contributed by atoms with van der Waals surface area (Å²) in [7, 11) is 0. The molecule has 2 aromatic carbocycles. The number of thiazole rings is 1. The topological polar surface area (TPSA) is 101 Å². The van der Waals surface area contributed by atoms with Gasteiger partial charge in [0.15, 0.2) is 0 Å². The lowest BCUT2D eigenvalue weighted by molar-refractivity contribution is -0.137. The first-order valence-electron chi connectivity index (χ1n) is 11.7. The molecule has 3 heterocycles. The number of nitrogens with zero attached hydrogens (tertiary/aromatic N) is 3. The number of carbonyl (C=O) groups is 2. The van der Waals surface area contributed by atoms with Gasteiger partial charge in [0, 0.05) is 18.3 Å². The van der Waals surface area contributed by atoms with Gasteiger partial charge in [-0.3, -0.25) is 14.6 Å². The average molecular weight is 486 g/mol. The lowest BCUT2D eigenvalue weighted by atomic mass is 10.0. The van der Waals surface area contributed by atoms with Crippen LogP contribution in [0.1, 0.15) is 42.4 Å². The van der Waals surface area contributed by atoms with Crippen LogP contribution in [0.15, 0.2) is 72.9 Å². The van der Waals surface area contributed by atoms with Gasteiger partial charge in [-0.15, -0.1) is 11.3 Å². The van der Waals surface area contributed by atoms with Gasteiger partial charge in [0.1, 0.15) is 16.6 Å². The SMILES string of the molecule is C[C@H](N)C(=O)N[C@H](C(=O)N1CCC[C@H]1c1nc2c(-c3ccccc3)nccc2s1)c1ccccc1. The van der Waals surface area contributed by atoms with Crippen molar-refractivity contribution in [2.24, 2.45) is 5.73 Å². The van der Waals surface area contributed by atoms with Crippen molar-refractivity contribution in [1.82, 2.24) is 20.2 Å². The zero-order valence-electron chi connectivity index (χ0n) is 19.4. The van der Waals surface area contributed by atoms with E-state index in [2.05, 4.69) is 10.3 Å². The van der Waals surface area contributed by atoms with Crippen LogP contribution in [0.3, 0.4) is 0 Å². The molecule has 7 nitrogen and oxygen atoms in total. The van der Waals surface area contributed by atoms with Crippen LogP contribution >= 0.6 is 11.3 Å². The number of fused-ring (bicyclic) bond motifs is 1. The Morgan fingerprint density at radius 1 is 1.09 bits per heavy atom. The fraction of sp³-hybridized carbons (Fsp3) is 0.259. The number of likely N-dealkylation sites (tertiary alicyclic amines) is 1. The fourth-order valence-electron chi connectivity index (χ4n) is 4.48. The van der Waals surface area contributed by atoms with Gasteiger partial charge in [-0.05, 0) is 31.4 Å². The van der Waals surface area contributed by atoms with Crippen LogP contribution in [0.25, 0.3) is 21.5 Å². The van der Waals surface area contributed by atoms with Crippen LogP contribution in [0.5, 0.6) is 0 Å². The zero-order valence-corrected chi connectivity index (χ0v) is 20.2. The second-order valence-electron chi connectivity index (χ2n) is 8.76. The Morgan fingerprint density at radius 2 is 1.80 bits per heavy atom. The number of amides is 2. The molecule has 0 radical (unpaired) electrons. The van der Waals surface area contributed by atoms with Crippen LogP contribution in [-0.4, -0.2) is 39.3 Å². The van der Waals surface area contributed by atoms with Gasteiger partial charge in [-0.2, -0.15) is 0 Å². The van der Waals surface area contributed by atoms with Gasteiger partial charge in [0.2, 0.25) is 11.8 Å². The third kappa shape index (κ3) is 4.67. The Morgan fingerprint density at radius 3 is 2.51 bits per heavy atom. The molecule has 1 aliphatic rings. The number of nitrogens with one attached hydrogen (secondary N) is 1. The standard InChI is InChI=1S/C27H27N5O2S/c1-17(28)25(33)30-23(19-11-6-3-7-12-19)27(34)32-16-8-13-20(32)26-31-24-21(35-26)14-15-29-22(24)18-9-4-2-5-10-18/h2-7,9-12,14-15,17,20,23H,8,13,16,28H2,1H3,(H,30,33)/t17-,20-,23-/m0/s1. The quantitative estimate of drug-likeness (QED) is 0.426. The highest BCUT2D eigenvalue weighted by Gasteiger charge is 2.37. The lowest BCUT2D eigenvalue weighted by Gasteiger charge is -2.29. The van der Waals surface area contributed by atoms with Crippen molar-refractivity contribution in [2.75, 3.05) is 6.54 Å². The third-order valence-electron chi connectivity index (χ3n) is 6.27. The Bertz CT molecular complexity index is 1340. The molecule has 0 saturated carbocycles. The van der Waals surface area contributed by atoms with Crippen LogP contribution in [-0.2, 0) is 9.59 Å². The van der Waals surface area contributed by atoms with E-state index in [0.717, 1.165) is 44.9 Å². The summed E-state index contributed by atoms with van der Waals surface area (Å²) in [5, 5.41) is 3.75. The molecule has 3 atom stereocenters. The normalized spacial score (nSPS) is 17.3. The summed E-state index contributed by atoms with van der Waals surface area (Å²) in [4.78, 5) is 37.7. The number of pyridine rings is 1. The van der Waals surface area contributed by atoms with Gasteiger partial charge in [-0.1, -0.05) is 60.7 Å². The first-order chi connectivity index (χ1) is 17.0. The van der Waals surface area contributed by atoms with Crippen LogP contribution in [0, 0.1) is 0 Å². The molecule has 0 unspecified atom stereocenters. The van der Waals surface area contributed by atoms with E-state index in [1.807, 2.05) is 71.6 Å². The summed E-state index contributed by atoms with van der Waals surface area (Å²) < 4.78 is 1.04. The highest BCUT2D eigenvalue weighted by molar-refractivity contribution is 7.18. The number of hydrogen-bond donors (Lipinski definition) is 2. The molecule has 0 bridgehead atoms. The van der Waals surface area contributed by atoms with E-state index in [1.165, 1.54) is 0 Å². The molecule has 2 amide bonds. The van der Waals surface area contributed by atoms with Crippen molar-refractivity contribution in [1.29, 1.82) is 0 Å². The number of hydrogen-bond acceptors (Lipinski definition) is 6.